The molecule has 2 aliphatic heterocycles. The Morgan fingerprint density at radius 2 is 1.75 bits per heavy atom. The predicted octanol–water partition coefficient (Wildman–Crippen LogP) is 2.02. The van der Waals surface area contributed by atoms with Crippen molar-refractivity contribution in [2.75, 3.05) is 45.8 Å². The third kappa shape index (κ3) is 4.17. The summed E-state index contributed by atoms with van der Waals surface area (Å²) < 4.78 is 0. The lowest BCUT2D eigenvalue weighted by Gasteiger charge is -2.39. The molecule has 2 fully saturated rings. The van der Waals surface area contributed by atoms with Crippen molar-refractivity contribution in [1.82, 2.24) is 14.7 Å². The molecule has 0 bridgehead atoms. The summed E-state index contributed by atoms with van der Waals surface area (Å²) in [6.45, 7) is 13.6. The number of aryl methyl sites for hydroxylation is 1. The summed E-state index contributed by atoms with van der Waals surface area (Å²) in [7, 11) is 0. The molecule has 1 amide bonds. The monoisotopic (exact) mass is 329 g/mol. The first-order valence-electron chi connectivity index (χ1n) is 9.30. The van der Waals surface area contributed by atoms with Gasteiger partial charge >= 0.3 is 0 Å². The van der Waals surface area contributed by atoms with E-state index < -0.39 is 0 Å². The second-order valence-electron chi connectivity index (χ2n) is 7.58. The summed E-state index contributed by atoms with van der Waals surface area (Å²) in [6.07, 6.45) is 1.14. The van der Waals surface area contributed by atoms with Gasteiger partial charge in [0, 0.05) is 58.8 Å². The van der Waals surface area contributed by atoms with Crippen LogP contribution < -0.4 is 0 Å². The molecular formula is C20H31N3O. The van der Waals surface area contributed by atoms with E-state index in [2.05, 4.69) is 47.9 Å². The molecule has 0 radical (unpaired) electrons. The van der Waals surface area contributed by atoms with Gasteiger partial charge in [-0.25, -0.2) is 0 Å². The van der Waals surface area contributed by atoms with Crippen LogP contribution >= 0.6 is 0 Å². The Labute approximate surface area is 146 Å². The second-order valence-corrected chi connectivity index (χ2v) is 7.58. The zero-order valence-electron chi connectivity index (χ0n) is 15.4. The van der Waals surface area contributed by atoms with E-state index in [9.17, 15) is 4.79 Å². The van der Waals surface area contributed by atoms with E-state index in [1.54, 1.807) is 6.92 Å². The molecule has 1 aromatic carbocycles. The highest BCUT2D eigenvalue weighted by molar-refractivity contribution is 5.73. The summed E-state index contributed by atoms with van der Waals surface area (Å²) in [5.41, 5.74) is 2.77. The maximum absolute atomic E-state index is 11.5. The Morgan fingerprint density at radius 1 is 1.08 bits per heavy atom. The first-order chi connectivity index (χ1) is 11.5. The van der Waals surface area contributed by atoms with Gasteiger partial charge in [0.25, 0.3) is 0 Å². The van der Waals surface area contributed by atoms with Crippen molar-refractivity contribution < 1.29 is 4.79 Å². The van der Waals surface area contributed by atoms with E-state index in [-0.39, 0.29) is 5.91 Å². The number of nitrogens with zero attached hydrogens (tertiary/aromatic N) is 3. The van der Waals surface area contributed by atoms with Crippen molar-refractivity contribution in [3.8, 4) is 0 Å². The molecule has 0 saturated carbocycles. The molecule has 4 heteroatoms. The largest absolute Gasteiger partial charge is 0.340 e. The Kier molecular flexibility index (Phi) is 5.57. The fraction of sp³-hybridized carbons (Fsp3) is 0.650. The first kappa shape index (κ1) is 17.4. The van der Waals surface area contributed by atoms with Gasteiger partial charge in [-0.3, -0.25) is 9.69 Å². The maximum Gasteiger partial charge on any atom is 0.219 e. The molecule has 0 aromatic heterocycles. The SMILES string of the molecule is CC(=O)N1CCN([C@H]2CN(CCc3ccc(C)cc3)C[C@@H]2C)CC1. The summed E-state index contributed by atoms with van der Waals surface area (Å²) >= 11 is 0. The molecule has 2 saturated heterocycles. The van der Waals surface area contributed by atoms with Gasteiger partial charge in [0.2, 0.25) is 5.91 Å². The zero-order valence-corrected chi connectivity index (χ0v) is 15.4. The number of benzene rings is 1. The van der Waals surface area contributed by atoms with Gasteiger partial charge in [0.15, 0.2) is 0 Å². The normalized spacial score (nSPS) is 26.0. The Bertz CT molecular complexity index is 549. The number of likely N-dealkylation sites (tertiary alicyclic amines) is 1. The van der Waals surface area contributed by atoms with Crippen molar-refractivity contribution in [3.05, 3.63) is 35.4 Å². The van der Waals surface area contributed by atoms with Crippen LogP contribution in [0.4, 0.5) is 0 Å². The molecule has 2 atom stereocenters. The fourth-order valence-electron chi connectivity index (χ4n) is 4.12. The molecule has 1 aromatic rings. The third-order valence-corrected chi connectivity index (χ3v) is 5.71. The van der Waals surface area contributed by atoms with Crippen LogP contribution in [-0.4, -0.2) is 72.5 Å². The topological polar surface area (TPSA) is 26.8 Å². The van der Waals surface area contributed by atoms with Crippen LogP contribution in [0.5, 0.6) is 0 Å². The van der Waals surface area contributed by atoms with E-state index in [1.165, 1.54) is 24.2 Å². The molecule has 4 nitrogen and oxygen atoms in total. The Morgan fingerprint density at radius 3 is 2.38 bits per heavy atom. The number of hydrogen-bond acceptors (Lipinski definition) is 3. The minimum atomic E-state index is 0.217. The summed E-state index contributed by atoms with van der Waals surface area (Å²) in [4.78, 5) is 18.7. The third-order valence-electron chi connectivity index (χ3n) is 5.71. The maximum atomic E-state index is 11.5. The highest BCUT2D eigenvalue weighted by Gasteiger charge is 2.35. The predicted molar refractivity (Wildman–Crippen MR) is 98.1 cm³/mol. The van der Waals surface area contributed by atoms with E-state index >= 15 is 0 Å². The van der Waals surface area contributed by atoms with Crippen molar-refractivity contribution >= 4 is 5.91 Å². The Balaban J connectivity index is 1.48. The molecular weight excluding hydrogens is 298 g/mol. The van der Waals surface area contributed by atoms with E-state index in [0.717, 1.165) is 39.1 Å². The van der Waals surface area contributed by atoms with Crippen molar-refractivity contribution in [2.45, 2.75) is 33.2 Å². The average Bonchev–Trinajstić information content (AvgIpc) is 2.95. The quantitative estimate of drug-likeness (QED) is 0.846. The van der Waals surface area contributed by atoms with Crippen molar-refractivity contribution in [2.24, 2.45) is 5.92 Å². The molecule has 0 spiro atoms. The summed E-state index contributed by atoms with van der Waals surface area (Å²) in [5.74, 6) is 0.931. The lowest BCUT2D eigenvalue weighted by atomic mass is 10.0. The lowest BCUT2D eigenvalue weighted by molar-refractivity contribution is -0.130. The van der Waals surface area contributed by atoms with E-state index in [4.69, 9.17) is 0 Å². The van der Waals surface area contributed by atoms with Gasteiger partial charge in [0.05, 0.1) is 0 Å². The van der Waals surface area contributed by atoms with E-state index in [0.29, 0.717) is 12.0 Å². The van der Waals surface area contributed by atoms with Crippen LogP contribution in [0.25, 0.3) is 0 Å². The summed E-state index contributed by atoms with van der Waals surface area (Å²) in [6, 6.07) is 9.58. The molecule has 0 unspecified atom stereocenters. The molecule has 3 rings (SSSR count). The van der Waals surface area contributed by atoms with Crippen LogP contribution in [0.2, 0.25) is 0 Å². The number of carbonyl (C=O) groups excluding carboxylic acids is 1. The van der Waals surface area contributed by atoms with Crippen LogP contribution in [0.15, 0.2) is 24.3 Å². The molecule has 0 N–H and O–H groups in total. The van der Waals surface area contributed by atoms with Gasteiger partial charge in [-0.05, 0) is 24.8 Å². The number of piperazine rings is 1. The smallest absolute Gasteiger partial charge is 0.219 e. The number of carbonyl (C=O) groups is 1. The van der Waals surface area contributed by atoms with Crippen molar-refractivity contribution in [1.29, 1.82) is 0 Å². The number of rotatable bonds is 4. The number of amides is 1. The van der Waals surface area contributed by atoms with Gasteiger partial charge in [-0.2, -0.15) is 0 Å². The van der Waals surface area contributed by atoms with Crippen LogP contribution in [0.1, 0.15) is 25.0 Å². The highest BCUT2D eigenvalue weighted by atomic mass is 16.2. The van der Waals surface area contributed by atoms with Crippen molar-refractivity contribution in [3.63, 3.8) is 0 Å². The molecule has 2 heterocycles. The Hall–Kier alpha value is -1.39. The van der Waals surface area contributed by atoms with Gasteiger partial charge in [0.1, 0.15) is 0 Å². The summed E-state index contributed by atoms with van der Waals surface area (Å²) in [5, 5.41) is 0. The standard InChI is InChI=1S/C20H31N3O/c1-16-4-6-19(7-5-16)8-9-21-14-17(2)20(15-21)23-12-10-22(11-13-23)18(3)24/h4-7,17,20H,8-15H2,1-3H3/t17-,20-/m0/s1. The van der Waals surface area contributed by atoms with E-state index in [1.807, 2.05) is 4.90 Å². The second kappa shape index (κ2) is 7.66. The molecule has 24 heavy (non-hydrogen) atoms. The van der Waals surface area contributed by atoms with Crippen LogP contribution in [0, 0.1) is 12.8 Å². The van der Waals surface area contributed by atoms with Gasteiger partial charge in [-0.15, -0.1) is 0 Å². The zero-order chi connectivity index (χ0) is 17.1. The van der Waals surface area contributed by atoms with Crippen LogP contribution in [0.3, 0.4) is 0 Å². The molecule has 132 valence electrons. The number of hydrogen-bond donors (Lipinski definition) is 0. The minimum absolute atomic E-state index is 0.217. The first-order valence-corrected chi connectivity index (χ1v) is 9.30. The molecule has 2 aliphatic rings. The average molecular weight is 329 g/mol. The highest BCUT2D eigenvalue weighted by Crippen LogP contribution is 2.23. The van der Waals surface area contributed by atoms with Gasteiger partial charge < -0.3 is 9.80 Å². The van der Waals surface area contributed by atoms with Gasteiger partial charge in [-0.1, -0.05) is 36.8 Å². The molecule has 0 aliphatic carbocycles. The minimum Gasteiger partial charge on any atom is -0.340 e. The van der Waals surface area contributed by atoms with Crippen LogP contribution in [-0.2, 0) is 11.2 Å². The lowest BCUT2D eigenvalue weighted by Crippen LogP contribution is -2.53. The fourth-order valence-corrected chi connectivity index (χ4v) is 4.12.